The van der Waals surface area contributed by atoms with Gasteiger partial charge in [-0.25, -0.2) is 4.79 Å². The summed E-state index contributed by atoms with van der Waals surface area (Å²) in [4.78, 5) is 11.9. The fourth-order valence-corrected chi connectivity index (χ4v) is 1.90. The SMILES string of the molecule is N#Cc1ccccc1COC(=O)c1ccc(Cl)c(Cl)c1. The lowest BCUT2D eigenvalue weighted by molar-refractivity contribution is 0.0472. The molecule has 0 bridgehead atoms. The molecule has 0 unspecified atom stereocenters. The molecule has 0 fully saturated rings. The molecule has 3 nitrogen and oxygen atoms in total. The molecule has 2 aromatic rings. The average molecular weight is 306 g/mol. The number of carbonyl (C=O) groups excluding carboxylic acids is 1. The number of halogens is 2. The van der Waals surface area contributed by atoms with Crippen molar-refractivity contribution >= 4 is 29.2 Å². The zero-order chi connectivity index (χ0) is 14.5. The van der Waals surface area contributed by atoms with Crippen LogP contribution in [0.2, 0.25) is 10.0 Å². The highest BCUT2D eigenvalue weighted by Crippen LogP contribution is 2.23. The summed E-state index contributed by atoms with van der Waals surface area (Å²) in [5.41, 5.74) is 1.45. The molecule has 0 aliphatic carbocycles. The zero-order valence-corrected chi connectivity index (χ0v) is 11.8. The Balaban J connectivity index is 2.09. The van der Waals surface area contributed by atoms with E-state index in [0.29, 0.717) is 26.7 Å². The van der Waals surface area contributed by atoms with E-state index in [1.54, 1.807) is 24.3 Å². The summed E-state index contributed by atoms with van der Waals surface area (Å²) in [6.45, 7) is 0.0306. The molecule has 0 aliphatic rings. The van der Waals surface area contributed by atoms with Crippen LogP contribution < -0.4 is 0 Å². The molecule has 2 aromatic carbocycles. The Morgan fingerprint density at radius 1 is 1.15 bits per heavy atom. The van der Waals surface area contributed by atoms with E-state index in [0.717, 1.165) is 0 Å². The Kier molecular flexibility index (Phi) is 4.62. The van der Waals surface area contributed by atoms with Crippen LogP contribution in [0.4, 0.5) is 0 Å². The minimum absolute atomic E-state index is 0.0306. The van der Waals surface area contributed by atoms with Gasteiger partial charge in [-0.2, -0.15) is 5.26 Å². The fraction of sp³-hybridized carbons (Fsp3) is 0.0667. The highest BCUT2D eigenvalue weighted by molar-refractivity contribution is 6.42. The van der Waals surface area contributed by atoms with E-state index in [9.17, 15) is 4.79 Å². The Hall–Kier alpha value is -2.02. The van der Waals surface area contributed by atoms with Crippen molar-refractivity contribution in [1.82, 2.24) is 0 Å². The number of nitrogens with zero attached hydrogens (tertiary/aromatic N) is 1. The van der Waals surface area contributed by atoms with Gasteiger partial charge in [0.25, 0.3) is 0 Å². The normalized spacial score (nSPS) is 9.85. The lowest BCUT2D eigenvalue weighted by Gasteiger charge is -2.07. The molecule has 0 amide bonds. The molecule has 20 heavy (non-hydrogen) atoms. The van der Waals surface area contributed by atoms with Crippen LogP contribution in [-0.4, -0.2) is 5.97 Å². The van der Waals surface area contributed by atoms with E-state index in [-0.39, 0.29) is 6.61 Å². The standard InChI is InChI=1S/C15H9Cl2NO2/c16-13-6-5-10(7-14(13)17)15(19)20-9-12-4-2-1-3-11(12)8-18/h1-7H,9H2. The number of esters is 1. The van der Waals surface area contributed by atoms with Crippen molar-refractivity contribution in [3.8, 4) is 6.07 Å². The van der Waals surface area contributed by atoms with Crippen molar-refractivity contribution in [3.63, 3.8) is 0 Å². The molecule has 0 aromatic heterocycles. The smallest absolute Gasteiger partial charge is 0.338 e. The molecule has 0 spiro atoms. The summed E-state index contributed by atoms with van der Waals surface area (Å²) in [6, 6.07) is 13.5. The van der Waals surface area contributed by atoms with Crippen molar-refractivity contribution in [2.75, 3.05) is 0 Å². The van der Waals surface area contributed by atoms with Crippen LogP contribution >= 0.6 is 23.2 Å². The van der Waals surface area contributed by atoms with Gasteiger partial charge < -0.3 is 4.74 Å². The maximum atomic E-state index is 11.9. The van der Waals surface area contributed by atoms with Crippen molar-refractivity contribution in [1.29, 1.82) is 5.26 Å². The monoisotopic (exact) mass is 305 g/mol. The quantitative estimate of drug-likeness (QED) is 0.798. The third-order valence-electron chi connectivity index (χ3n) is 2.65. The predicted octanol–water partition coefficient (Wildman–Crippen LogP) is 4.22. The van der Waals surface area contributed by atoms with Gasteiger partial charge in [0.1, 0.15) is 6.61 Å². The summed E-state index contributed by atoms with van der Waals surface area (Å²) in [6.07, 6.45) is 0. The molecule has 100 valence electrons. The van der Waals surface area contributed by atoms with Crippen molar-refractivity contribution in [2.24, 2.45) is 0 Å². The van der Waals surface area contributed by atoms with E-state index < -0.39 is 5.97 Å². The first-order chi connectivity index (χ1) is 9.61. The molecular weight excluding hydrogens is 297 g/mol. The largest absolute Gasteiger partial charge is 0.457 e. The Morgan fingerprint density at radius 2 is 1.90 bits per heavy atom. The third kappa shape index (κ3) is 3.30. The maximum absolute atomic E-state index is 11.9. The highest BCUT2D eigenvalue weighted by atomic mass is 35.5. The number of hydrogen-bond acceptors (Lipinski definition) is 3. The summed E-state index contributed by atoms with van der Waals surface area (Å²) >= 11 is 11.6. The number of ether oxygens (including phenoxy) is 1. The van der Waals surface area contributed by atoms with Crippen LogP contribution in [0, 0.1) is 11.3 Å². The van der Waals surface area contributed by atoms with Gasteiger partial charge in [0.15, 0.2) is 0 Å². The van der Waals surface area contributed by atoms with Crippen molar-refractivity contribution in [2.45, 2.75) is 6.61 Å². The molecule has 0 atom stereocenters. The third-order valence-corrected chi connectivity index (χ3v) is 3.39. The van der Waals surface area contributed by atoms with Crippen LogP contribution in [-0.2, 0) is 11.3 Å². The van der Waals surface area contributed by atoms with Gasteiger partial charge in [-0.05, 0) is 24.3 Å². The van der Waals surface area contributed by atoms with Gasteiger partial charge in [-0.15, -0.1) is 0 Å². The lowest BCUT2D eigenvalue weighted by atomic mass is 10.1. The van der Waals surface area contributed by atoms with Crippen LogP contribution in [0.15, 0.2) is 42.5 Å². The van der Waals surface area contributed by atoms with Crippen LogP contribution in [0.25, 0.3) is 0 Å². The zero-order valence-electron chi connectivity index (χ0n) is 10.3. The van der Waals surface area contributed by atoms with Gasteiger partial charge in [-0.3, -0.25) is 0 Å². The van der Waals surface area contributed by atoms with Crippen LogP contribution in [0.3, 0.4) is 0 Å². The number of hydrogen-bond donors (Lipinski definition) is 0. The molecule has 0 heterocycles. The second kappa shape index (κ2) is 6.42. The minimum Gasteiger partial charge on any atom is -0.457 e. The van der Waals surface area contributed by atoms with Gasteiger partial charge >= 0.3 is 5.97 Å². The topological polar surface area (TPSA) is 50.1 Å². The summed E-state index contributed by atoms with van der Waals surface area (Å²) < 4.78 is 5.16. The first kappa shape index (κ1) is 14.4. The van der Waals surface area contributed by atoms with Crippen molar-refractivity contribution in [3.05, 3.63) is 69.2 Å². The van der Waals surface area contributed by atoms with Gasteiger partial charge in [0, 0.05) is 5.56 Å². The molecule has 0 aliphatic heterocycles. The lowest BCUT2D eigenvalue weighted by Crippen LogP contribution is -2.06. The van der Waals surface area contributed by atoms with Crippen molar-refractivity contribution < 1.29 is 9.53 Å². The number of rotatable bonds is 3. The van der Waals surface area contributed by atoms with Gasteiger partial charge in [-0.1, -0.05) is 41.4 Å². The van der Waals surface area contributed by atoms with E-state index in [4.69, 9.17) is 33.2 Å². The van der Waals surface area contributed by atoms with Crippen LogP contribution in [0.5, 0.6) is 0 Å². The number of nitriles is 1. The first-order valence-electron chi connectivity index (χ1n) is 5.72. The molecule has 2 rings (SSSR count). The van der Waals surface area contributed by atoms with Gasteiger partial charge in [0.05, 0.1) is 27.2 Å². The maximum Gasteiger partial charge on any atom is 0.338 e. The summed E-state index contributed by atoms with van der Waals surface area (Å²) in [5.74, 6) is -0.517. The molecule has 0 saturated heterocycles. The van der Waals surface area contributed by atoms with E-state index in [2.05, 4.69) is 0 Å². The van der Waals surface area contributed by atoms with E-state index in [1.807, 2.05) is 6.07 Å². The average Bonchev–Trinajstić information content (AvgIpc) is 2.47. The Labute approximate surface area is 126 Å². The first-order valence-corrected chi connectivity index (χ1v) is 6.47. The van der Waals surface area contributed by atoms with E-state index >= 15 is 0 Å². The predicted molar refractivity (Wildman–Crippen MR) is 76.7 cm³/mol. The summed E-state index contributed by atoms with van der Waals surface area (Å²) in [5, 5.41) is 9.61. The van der Waals surface area contributed by atoms with E-state index in [1.165, 1.54) is 18.2 Å². The Bertz CT molecular complexity index is 693. The molecular formula is C15H9Cl2NO2. The van der Waals surface area contributed by atoms with Crippen LogP contribution in [0.1, 0.15) is 21.5 Å². The molecule has 5 heteroatoms. The van der Waals surface area contributed by atoms with Gasteiger partial charge in [0.2, 0.25) is 0 Å². The summed E-state index contributed by atoms with van der Waals surface area (Å²) in [7, 11) is 0. The fourth-order valence-electron chi connectivity index (χ4n) is 1.60. The molecule has 0 N–H and O–H groups in total. The minimum atomic E-state index is -0.517. The second-order valence-electron chi connectivity index (χ2n) is 3.97. The second-order valence-corrected chi connectivity index (χ2v) is 4.79. The highest BCUT2D eigenvalue weighted by Gasteiger charge is 2.10. The number of benzene rings is 2. The molecule has 0 saturated carbocycles. The molecule has 0 radical (unpaired) electrons. The number of carbonyl (C=O) groups is 1. The Morgan fingerprint density at radius 3 is 2.60 bits per heavy atom.